The topological polar surface area (TPSA) is 78.9 Å². The number of carbonyl (C=O) groups is 3. The van der Waals surface area contributed by atoms with E-state index in [1.807, 2.05) is 12.2 Å². The molecule has 0 heterocycles. The summed E-state index contributed by atoms with van der Waals surface area (Å²) < 4.78 is 16.7. The highest BCUT2D eigenvalue weighted by molar-refractivity contribution is 5.71. The first-order valence-electron chi connectivity index (χ1n) is 27.7. The van der Waals surface area contributed by atoms with Gasteiger partial charge < -0.3 is 14.2 Å². The lowest BCUT2D eigenvalue weighted by molar-refractivity contribution is -0.166. The van der Waals surface area contributed by atoms with E-state index >= 15 is 0 Å². The van der Waals surface area contributed by atoms with Crippen molar-refractivity contribution in [2.75, 3.05) is 13.2 Å². The average Bonchev–Trinajstić information content (AvgIpc) is 3.35. The molecular formula is C63H100O6. The zero-order valence-electron chi connectivity index (χ0n) is 44.3. The molecule has 0 aromatic heterocycles. The van der Waals surface area contributed by atoms with Crippen LogP contribution >= 0.6 is 0 Å². The lowest BCUT2D eigenvalue weighted by Crippen LogP contribution is -2.30. The Morgan fingerprint density at radius 3 is 0.971 bits per heavy atom. The van der Waals surface area contributed by atoms with Crippen LogP contribution in [0.4, 0.5) is 0 Å². The number of unbranched alkanes of at least 4 members (excludes halogenated alkanes) is 15. The van der Waals surface area contributed by atoms with Gasteiger partial charge in [-0.05, 0) is 128 Å². The molecule has 69 heavy (non-hydrogen) atoms. The van der Waals surface area contributed by atoms with Crippen molar-refractivity contribution in [3.63, 3.8) is 0 Å². The second-order valence-electron chi connectivity index (χ2n) is 17.7. The number of rotatable bonds is 48. The molecule has 0 amide bonds. The summed E-state index contributed by atoms with van der Waals surface area (Å²) in [5, 5.41) is 0. The van der Waals surface area contributed by atoms with Crippen molar-refractivity contribution in [2.45, 2.75) is 232 Å². The third kappa shape index (κ3) is 54.4. The molecule has 388 valence electrons. The highest BCUT2D eigenvalue weighted by Crippen LogP contribution is 2.12. The van der Waals surface area contributed by atoms with Crippen molar-refractivity contribution in [3.8, 4) is 0 Å². The molecule has 0 unspecified atom stereocenters. The van der Waals surface area contributed by atoms with Gasteiger partial charge in [0.05, 0.1) is 0 Å². The van der Waals surface area contributed by atoms with Gasteiger partial charge in [0.15, 0.2) is 6.10 Å². The molecule has 0 rings (SSSR count). The van der Waals surface area contributed by atoms with Gasteiger partial charge in [-0.1, -0.05) is 212 Å². The zero-order valence-corrected chi connectivity index (χ0v) is 44.3. The summed E-state index contributed by atoms with van der Waals surface area (Å²) in [6.07, 6.45) is 78.7. The van der Waals surface area contributed by atoms with E-state index in [9.17, 15) is 14.4 Å². The molecule has 0 saturated heterocycles. The van der Waals surface area contributed by atoms with Crippen molar-refractivity contribution < 1.29 is 28.6 Å². The van der Waals surface area contributed by atoms with Gasteiger partial charge in [0.25, 0.3) is 0 Å². The fourth-order valence-corrected chi connectivity index (χ4v) is 6.97. The molecular weight excluding hydrogens is 853 g/mol. The standard InChI is InChI=1S/C63H100O6/c1-4-7-10-13-16-19-22-25-28-30-31-33-36-39-42-45-48-51-54-57-63(66)69-60(58-67-61(64)55-52-49-46-43-40-37-34-27-24-21-18-15-12-9-6-3)59-68-62(65)56-53-50-47-44-41-38-35-32-29-26-23-20-17-14-11-8-5-2/h7,10,16-21,25-29,31,33-34,39-40,42-43,48,51,60H,4-6,8-9,11-15,22-24,30,32,35-38,41,44-47,49-50,52-59H2,1-3H3/b10-7-,19-16-,20-17-,21-18-,28-25-,29-26-,33-31-,34-27-,42-39-,43-40-,51-48-/t60-/m0/s1. The minimum atomic E-state index is -0.843. The Bertz CT molecular complexity index is 1510. The third-order valence-corrected chi connectivity index (χ3v) is 11.1. The smallest absolute Gasteiger partial charge is 0.306 e. The van der Waals surface area contributed by atoms with Crippen LogP contribution in [0.3, 0.4) is 0 Å². The minimum Gasteiger partial charge on any atom is -0.462 e. The molecule has 0 aromatic carbocycles. The maximum Gasteiger partial charge on any atom is 0.306 e. The largest absolute Gasteiger partial charge is 0.462 e. The van der Waals surface area contributed by atoms with Gasteiger partial charge >= 0.3 is 17.9 Å². The van der Waals surface area contributed by atoms with E-state index < -0.39 is 12.1 Å². The molecule has 0 bridgehead atoms. The summed E-state index contributed by atoms with van der Waals surface area (Å²) in [7, 11) is 0. The number of esters is 3. The maximum absolute atomic E-state index is 12.8. The lowest BCUT2D eigenvalue weighted by atomic mass is 10.1. The first-order valence-corrected chi connectivity index (χ1v) is 27.7. The summed E-state index contributed by atoms with van der Waals surface area (Å²) in [6, 6.07) is 0. The fourth-order valence-electron chi connectivity index (χ4n) is 6.97. The Morgan fingerprint density at radius 2 is 0.594 bits per heavy atom. The van der Waals surface area contributed by atoms with E-state index in [1.165, 1.54) is 77.0 Å². The Balaban J connectivity index is 4.60. The molecule has 0 radical (unpaired) electrons. The van der Waals surface area contributed by atoms with Crippen LogP contribution in [-0.4, -0.2) is 37.2 Å². The van der Waals surface area contributed by atoms with E-state index in [-0.39, 0.29) is 38.0 Å². The van der Waals surface area contributed by atoms with Crippen LogP contribution in [0.1, 0.15) is 226 Å². The molecule has 1 atom stereocenters. The number of carbonyl (C=O) groups excluding carboxylic acids is 3. The van der Waals surface area contributed by atoms with Gasteiger partial charge in [-0.2, -0.15) is 0 Å². The van der Waals surface area contributed by atoms with Crippen molar-refractivity contribution >= 4 is 17.9 Å². The predicted octanol–water partition coefficient (Wildman–Crippen LogP) is 18.6. The molecule has 0 fully saturated rings. The molecule has 0 saturated carbocycles. The number of hydrogen-bond donors (Lipinski definition) is 0. The summed E-state index contributed by atoms with van der Waals surface area (Å²) in [5.41, 5.74) is 0. The van der Waals surface area contributed by atoms with Crippen molar-refractivity contribution in [1.82, 2.24) is 0 Å². The second kappa shape index (κ2) is 56.1. The van der Waals surface area contributed by atoms with Gasteiger partial charge in [-0.3, -0.25) is 14.4 Å². The number of ether oxygens (including phenoxy) is 3. The maximum atomic E-state index is 12.8. The molecule has 0 aliphatic rings. The number of allylic oxidation sites excluding steroid dienone is 22. The fraction of sp³-hybridized carbons (Fsp3) is 0.603. The highest BCUT2D eigenvalue weighted by atomic mass is 16.6. The average molecular weight is 953 g/mol. The van der Waals surface area contributed by atoms with Crippen LogP contribution in [0.15, 0.2) is 134 Å². The van der Waals surface area contributed by atoms with Gasteiger partial charge in [0.2, 0.25) is 0 Å². The second-order valence-corrected chi connectivity index (χ2v) is 17.7. The normalized spacial score (nSPS) is 13.1. The summed E-state index contributed by atoms with van der Waals surface area (Å²) in [5.74, 6) is -1.07. The van der Waals surface area contributed by atoms with Gasteiger partial charge in [0.1, 0.15) is 13.2 Å². The summed E-state index contributed by atoms with van der Waals surface area (Å²) in [4.78, 5) is 38.1. The van der Waals surface area contributed by atoms with Gasteiger partial charge in [-0.25, -0.2) is 0 Å². The van der Waals surface area contributed by atoms with Crippen LogP contribution in [0.25, 0.3) is 0 Å². The first-order chi connectivity index (χ1) is 34.0. The molecule has 6 heteroatoms. The lowest BCUT2D eigenvalue weighted by Gasteiger charge is -2.18. The van der Waals surface area contributed by atoms with E-state index in [1.54, 1.807) is 0 Å². The van der Waals surface area contributed by atoms with E-state index in [0.29, 0.717) is 19.3 Å². The van der Waals surface area contributed by atoms with Crippen molar-refractivity contribution in [2.24, 2.45) is 0 Å². The molecule has 0 spiro atoms. The Morgan fingerprint density at radius 1 is 0.304 bits per heavy atom. The molecule has 0 aromatic rings. The quantitative estimate of drug-likeness (QED) is 0.0262. The Kier molecular flexibility index (Phi) is 52.5. The monoisotopic (exact) mass is 953 g/mol. The molecule has 0 N–H and O–H groups in total. The molecule has 6 nitrogen and oxygen atoms in total. The molecule has 0 aliphatic heterocycles. The zero-order chi connectivity index (χ0) is 50.0. The van der Waals surface area contributed by atoms with E-state index in [2.05, 4.69) is 142 Å². The SMILES string of the molecule is CC/C=C\C/C=C\C/C=C\C/C=C\C/C=C\C/C=C\CCC(=O)O[C@@H](COC(=O)CCCC/C=C\C/C=C\C/C=C\CCCCC)COC(=O)CCCCCCCCC/C=C\C/C=C\CCCCC. The highest BCUT2D eigenvalue weighted by Gasteiger charge is 2.19. The van der Waals surface area contributed by atoms with Crippen LogP contribution < -0.4 is 0 Å². The Labute approximate surface area is 424 Å². The number of hydrogen-bond acceptors (Lipinski definition) is 6. The van der Waals surface area contributed by atoms with E-state index in [0.717, 1.165) is 96.3 Å². The van der Waals surface area contributed by atoms with E-state index in [4.69, 9.17) is 14.2 Å². The Hall–Kier alpha value is -4.45. The van der Waals surface area contributed by atoms with Crippen LogP contribution in [-0.2, 0) is 28.6 Å². The third-order valence-electron chi connectivity index (χ3n) is 11.1. The van der Waals surface area contributed by atoms with Crippen molar-refractivity contribution in [3.05, 3.63) is 134 Å². The van der Waals surface area contributed by atoms with Crippen LogP contribution in [0.2, 0.25) is 0 Å². The summed E-state index contributed by atoms with van der Waals surface area (Å²) >= 11 is 0. The van der Waals surface area contributed by atoms with Crippen LogP contribution in [0, 0.1) is 0 Å². The van der Waals surface area contributed by atoms with Gasteiger partial charge in [-0.15, -0.1) is 0 Å². The minimum absolute atomic E-state index is 0.129. The van der Waals surface area contributed by atoms with Crippen LogP contribution in [0.5, 0.6) is 0 Å². The van der Waals surface area contributed by atoms with Gasteiger partial charge in [0, 0.05) is 19.3 Å². The predicted molar refractivity (Wildman–Crippen MR) is 297 cm³/mol. The summed E-state index contributed by atoms with van der Waals surface area (Å²) in [6.45, 7) is 6.35. The molecule has 0 aliphatic carbocycles. The van der Waals surface area contributed by atoms with Crippen molar-refractivity contribution in [1.29, 1.82) is 0 Å². The first kappa shape index (κ1) is 64.5.